The molecular formula is C19H32N4. The maximum absolute atomic E-state index is 5.71. The van der Waals surface area contributed by atoms with Crippen LogP contribution >= 0.6 is 0 Å². The highest BCUT2D eigenvalue weighted by molar-refractivity contribution is 5.99. The van der Waals surface area contributed by atoms with E-state index in [0.717, 1.165) is 11.4 Å². The zero-order valence-corrected chi connectivity index (χ0v) is 15.6. The van der Waals surface area contributed by atoms with Gasteiger partial charge in [-0.3, -0.25) is 0 Å². The normalized spacial score (nSPS) is 17.9. The minimum atomic E-state index is -0.280. The SMILES string of the molecule is C#CC1N=C(N(C)C=C)C(C)=C(N(C)C(CCC)CCC)N1C. The van der Waals surface area contributed by atoms with Crippen LogP contribution in [0.25, 0.3) is 0 Å². The van der Waals surface area contributed by atoms with E-state index in [4.69, 9.17) is 11.4 Å². The third-order valence-electron chi connectivity index (χ3n) is 4.50. The average molecular weight is 316 g/mol. The Morgan fingerprint density at radius 1 is 1.35 bits per heavy atom. The van der Waals surface area contributed by atoms with Gasteiger partial charge < -0.3 is 14.7 Å². The first-order valence-electron chi connectivity index (χ1n) is 8.49. The third-order valence-corrected chi connectivity index (χ3v) is 4.50. The Morgan fingerprint density at radius 2 is 1.91 bits per heavy atom. The average Bonchev–Trinajstić information content (AvgIpc) is 2.54. The summed E-state index contributed by atoms with van der Waals surface area (Å²) >= 11 is 0. The van der Waals surface area contributed by atoms with Crippen molar-refractivity contribution in [3.63, 3.8) is 0 Å². The second-order valence-electron chi connectivity index (χ2n) is 6.19. The predicted molar refractivity (Wildman–Crippen MR) is 99.8 cm³/mol. The van der Waals surface area contributed by atoms with Crippen molar-refractivity contribution in [2.75, 3.05) is 21.1 Å². The zero-order chi connectivity index (χ0) is 17.6. The molecule has 1 unspecified atom stereocenters. The van der Waals surface area contributed by atoms with Gasteiger partial charge in [0.05, 0.1) is 0 Å². The van der Waals surface area contributed by atoms with Crippen LogP contribution in [0.2, 0.25) is 0 Å². The van der Waals surface area contributed by atoms with Crippen molar-refractivity contribution in [2.24, 2.45) is 4.99 Å². The van der Waals surface area contributed by atoms with Crippen LogP contribution in [0.4, 0.5) is 0 Å². The van der Waals surface area contributed by atoms with Gasteiger partial charge in [-0.25, -0.2) is 4.99 Å². The topological polar surface area (TPSA) is 22.1 Å². The van der Waals surface area contributed by atoms with Crippen LogP contribution in [0.15, 0.2) is 29.2 Å². The molecular weight excluding hydrogens is 284 g/mol. The number of likely N-dealkylation sites (N-methyl/N-ethyl adjacent to an activating group) is 1. The van der Waals surface area contributed by atoms with E-state index in [9.17, 15) is 0 Å². The van der Waals surface area contributed by atoms with E-state index in [1.54, 1.807) is 6.20 Å². The summed E-state index contributed by atoms with van der Waals surface area (Å²) in [5.74, 6) is 4.85. The van der Waals surface area contributed by atoms with Gasteiger partial charge in [0.25, 0.3) is 0 Å². The molecule has 0 fully saturated rings. The Kier molecular flexibility index (Phi) is 7.22. The van der Waals surface area contributed by atoms with E-state index in [2.05, 4.69) is 50.1 Å². The van der Waals surface area contributed by atoms with Crippen molar-refractivity contribution in [1.29, 1.82) is 0 Å². The number of rotatable bonds is 7. The van der Waals surface area contributed by atoms with E-state index >= 15 is 0 Å². The van der Waals surface area contributed by atoms with Crippen molar-refractivity contribution in [3.8, 4) is 12.3 Å². The smallest absolute Gasteiger partial charge is 0.186 e. The summed E-state index contributed by atoms with van der Waals surface area (Å²) < 4.78 is 0. The van der Waals surface area contributed by atoms with Gasteiger partial charge in [0.1, 0.15) is 11.7 Å². The summed E-state index contributed by atoms with van der Waals surface area (Å²) in [7, 11) is 6.17. The Balaban J connectivity index is 3.29. The molecule has 0 aliphatic carbocycles. The monoisotopic (exact) mass is 316 g/mol. The molecule has 0 spiro atoms. The van der Waals surface area contributed by atoms with Crippen molar-refractivity contribution in [2.45, 2.75) is 58.7 Å². The number of aliphatic imine (C=N–C) groups is 1. The maximum Gasteiger partial charge on any atom is 0.186 e. The molecule has 0 aromatic heterocycles. The fourth-order valence-corrected chi connectivity index (χ4v) is 3.26. The largest absolute Gasteiger partial charge is 0.358 e. The van der Waals surface area contributed by atoms with Crippen molar-refractivity contribution < 1.29 is 0 Å². The van der Waals surface area contributed by atoms with Crippen LogP contribution in [0.3, 0.4) is 0 Å². The summed E-state index contributed by atoms with van der Waals surface area (Å²) in [6.45, 7) is 10.4. The summed E-state index contributed by atoms with van der Waals surface area (Å²) in [6, 6.07) is 0.518. The molecule has 1 atom stereocenters. The predicted octanol–water partition coefficient (Wildman–Crippen LogP) is 3.50. The standard InChI is InChI=1S/C19H32N4/c1-9-13-16(14-10-2)22(7)19-15(5)18(21(6)12-4)20-17(11-3)23(19)8/h3,12,16-17H,4,9-10,13-14H2,1-2,5-8H3. The van der Waals surface area contributed by atoms with Crippen LogP contribution in [0.1, 0.15) is 46.5 Å². The molecule has 0 amide bonds. The van der Waals surface area contributed by atoms with E-state index in [1.165, 1.54) is 31.5 Å². The second-order valence-corrected chi connectivity index (χ2v) is 6.19. The number of hydrogen-bond donors (Lipinski definition) is 0. The van der Waals surface area contributed by atoms with Crippen molar-refractivity contribution >= 4 is 5.84 Å². The summed E-state index contributed by atoms with van der Waals surface area (Å²) in [4.78, 5) is 11.1. The van der Waals surface area contributed by atoms with Crippen LogP contribution in [0.5, 0.6) is 0 Å². The van der Waals surface area contributed by atoms with Gasteiger partial charge in [-0.1, -0.05) is 39.2 Å². The minimum Gasteiger partial charge on any atom is -0.358 e. The number of amidine groups is 1. The molecule has 1 heterocycles. The van der Waals surface area contributed by atoms with Crippen molar-refractivity contribution in [1.82, 2.24) is 14.7 Å². The van der Waals surface area contributed by atoms with Gasteiger partial charge in [-0.15, -0.1) is 6.42 Å². The van der Waals surface area contributed by atoms with E-state index < -0.39 is 0 Å². The lowest BCUT2D eigenvalue weighted by molar-refractivity contribution is 0.178. The van der Waals surface area contributed by atoms with Crippen LogP contribution in [-0.2, 0) is 0 Å². The molecule has 1 aliphatic rings. The van der Waals surface area contributed by atoms with E-state index in [-0.39, 0.29) is 6.17 Å². The van der Waals surface area contributed by atoms with Crippen LogP contribution < -0.4 is 0 Å². The molecule has 0 saturated carbocycles. The molecule has 128 valence electrons. The molecule has 0 bridgehead atoms. The second kappa shape index (κ2) is 8.67. The maximum atomic E-state index is 5.71. The fourth-order valence-electron chi connectivity index (χ4n) is 3.26. The molecule has 0 saturated heterocycles. The Bertz CT molecular complexity index is 506. The van der Waals surface area contributed by atoms with Crippen LogP contribution in [0, 0.1) is 12.3 Å². The van der Waals surface area contributed by atoms with E-state index in [0.29, 0.717) is 6.04 Å². The summed E-state index contributed by atoms with van der Waals surface area (Å²) in [5, 5.41) is 0. The quantitative estimate of drug-likeness (QED) is 0.671. The summed E-state index contributed by atoms with van der Waals surface area (Å²) in [6.07, 6.45) is 11.9. The third kappa shape index (κ3) is 4.10. The highest BCUT2D eigenvalue weighted by atomic mass is 15.4. The molecule has 4 heteroatoms. The first kappa shape index (κ1) is 19.2. The zero-order valence-electron chi connectivity index (χ0n) is 15.6. The van der Waals surface area contributed by atoms with Gasteiger partial charge in [0.15, 0.2) is 6.17 Å². The molecule has 0 N–H and O–H groups in total. The molecule has 4 nitrogen and oxygen atoms in total. The molecule has 0 radical (unpaired) electrons. The highest BCUT2D eigenvalue weighted by Gasteiger charge is 2.30. The molecule has 1 aliphatic heterocycles. The molecule has 0 aromatic rings. The van der Waals surface area contributed by atoms with Gasteiger partial charge in [0, 0.05) is 32.8 Å². The molecule has 1 rings (SSSR count). The highest BCUT2D eigenvalue weighted by Crippen LogP contribution is 2.27. The van der Waals surface area contributed by atoms with E-state index in [1.807, 2.05) is 19.0 Å². The lowest BCUT2D eigenvalue weighted by Crippen LogP contribution is -2.46. The fraction of sp³-hybridized carbons (Fsp3) is 0.632. The van der Waals surface area contributed by atoms with Gasteiger partial charge in [-0.05, 0) is 26.0 Å². The molecule has 0 aromatic carbocycles. The van der Waals surface area contributed by atoms with Crippen LogP contribution in [-0.4, -0.2) is 53.9 Å². The van der Waals surface area contributed by atoms with Crippen molar-refractivity contribution in [3.05, 3.63) is 24.2 Å². The van der Waals surface area contributed by atoms with Gasteiger partial charge >= 0.3 is 0 Å². The minimum absolute atomic E-state index is 0.280. The molecule has 23 heavy (non-hydrogen) atoms. The number of hydrogen-bond acceptors (Lipinski definition) is 4. The number of terminal acetylenes is 1. The Labute approximate surface area is 142 Å². The first-order valence-corrected chi connectivity index (χ1v) is 8.49. The Hall–Kier alpha value is -1.89. The first-order chi connectivity index (χ1) is 10.9. The number of nitrogens with zero attached hydrogens (tertiary/aromatic N) is 4. The summed E-state index contributed by atoms with van der Waals surface area (Å²) in [5.41, 5.74) is 1.14. The van der Waals surface area contributed by atoms with Gasteiger partial charge in [0.2, 0.25) is 0 Å². The lowest BCUT2D eigenvalue weighted by Gasteiger charge is -2.42. The Morgan fingerprint density at radius 3 is 2.35 bits per heavy atom. The van der Waals surface area contributed by atoms with Gasteiger partial charge in [-0.2, -0.15) is 0 Å². The lowest BCUT2D eigenvalue weighted by atomic mass is 10.0.